The first-order valence-corrected chi connectivity index (χ1v) is 12.8. The average Bonchev–Trinajstić information content (AvgIpc) is 3.05. The lowest BCUT2D eigenvalue weighted by Gasteiger charge is -2.25. The molecule has 222 valence electrons. The van der Waals surface area contributed by atoms with Gasteiger partial charge in [0.2, 0.25) is 5.91 Å². The van der Waals surface area contributed by atoms with Gasteiger partial charge in [-0.05, 0) is 56.2 Å². The number of anilines is 2. The van der Waals surface area contributed by atoms with Crippen LogP contribution in [0.1, 0.15) is 34.8 Å². The number of aliphatic carboxylic acids is 1. The minimum absolute atomic E-state index is 0.00698. The summed E-state index contributed by atoms with van der Waals surface area (Å²) in [7, 11) is 0. The molecule has 4 N–H and O–H groups in total. The molecule has 42 heavy (non-hydrogen) atoms. The van der Waals surface area contributed by atoms with Gasteiger partial charge in [-0.3, -0.25) is 33.8 Å². The summed E-state index contributed by atoms with van der Waals surface area (Å²) >= 11 is 0. The van der Waals surface area contributed by atoms with Crippen molar-refractivity contribution in [3.8, 4) is 5.75 Å². The highest BCUT2D eigenvalue weighted by atomic mass is 16.5. The predicted octanol–water partition coefficient (Wildman–Crippen LogP) is 0.209. The monoisotopic (exact) mass is 582 g/mol. The van der Waals surface area contributed by atoms with Gasteiger partial charge in [0.05, 0.1) is 37.0 Å². The lowest BCUT2D eigenvalue weighted by atomic mass is 10.0. The fourth-order valence-corrected chi connectivity index (χ4v) is 4.40. The number of hydrogen-bond donors (Lipinski definition) is 4. The van der Waals surface area contributed by atoms with E-state index in [9.17, 15) is 38.7 Å². The van der Waals surface area contributed by atoms with Crippen LogP contribution in [0, 0.1) is 13.8 Å². The number of aromatic hydroxyl groups is 1. The van der Waals surface area contributed by atoms with Crippen molar-refractivity contribution in [1.82, 2.24) is 10.6 Å². The van der Waals surface area contributed by atoms with Gasteiger partial charge in [0, 0.05) is 5.56 Å². The van der Waals surface area contributed by atoms with Gasteiger partial charge in [-0.25, -0.2) is 4.79 Å². The van der Waals surface area contributed by atoms with Gasteiger partial charge in [-0.2, -0.15) is 0 Å². The van der Waals surface area contributed by atoms with Crippen molar-refractivity contribution in [2.24, 2.45) is 0 Å². The van der Waals surface area contributed by atoms with Gasteiger partial charge in [-0.1, -0.05) is 12.1 Å². The van der Waals surface area contributed by atoms with Crippen LogP contribution in [-0.4, -0.2) is 83.8 Å². The first-order valence-electron chi connectivity index (χ1n) is 12.8. The Morgan fingerprint density at radius 3 is 2.29 bits per heavy atom. The minimum Gasteiger partial charge on any atom is -0.507 e. The van der Waals surface area contributed by atoms with Crippen LogP contribution in [0.15, 0.2) is 36.4 Å². The zero-order valence-electron chi connectivity index (χ0n) is 23.1. The Balaban J connectivity index is 2.04. The summed E-state index contributed by atoms with van der Waals surface area (Å²) in [4.78, 5) is 89.8. The molecule has 0 aromatic heterocycles. The molecule has 14 nitrogen and oxygen atoms in total. The van der Waals surface area contributed by atoms with E-state index < -0.39 is 67.2 Å². The number of phenolic OH excluding ortho intramolecular Hbond substituents is 1. The van der Waals surface area contributed by atoms with Crippen LogP contribution in [0.3, 0.4) is 0 Å². The number of carbonyl (C=O) groups excluding carboxylic acids is 6. The molecule has 14 heteroatoms. The van der Waals surface area contributed by atoms with Crippen LogP contribution >= 0.6 is 0 Å². The van der Waals surface area contributed by atoms with E-state index in [4.69, 9.17) is 9.84 Å². The third kappa shape index (κ3) is 7.08. The molecule has 0 radical (unpaired) electrons. The number of phenols is 1. The molecule has 1 aliphatic heterocycles. The third-order valence-corrected chi connectivity index (χ3v) is 6.35. The van der Waals surface area contributed by atoms with Crippen molar-refractivity contribution in [1.29, 1.82) is 0 Å². The molecule has 0 saturated heterocycles. The van der Waals surface area contributed by atoms with E-state index in [1.54, 1.807) is 13.8 Å². The Morgan fingerprint density at radius 2 is 1.71 bits per heavy atom. The predicted molar refractivity (Wildman–Crippen MR) is 147 cm³/mol. The summed E-state index contributed by atoms with van der Waals surface area (Å²) in [6.45, 7) is 3.36. The molecule has 0 spiro atoms. The SMILES string of the molecule is CCOC(=O)C(=O)N1CC(NC(=O)c2cc(C)c(O)c(C)c2)C(=O)N(CC(=O)NC(C=O)CC(=O)O)c2ccccc21. The molecule has 0 fully saturated rings. The highest BCUT2D eigenvalue weighted by molar-refractivity contribution is 6.39. The molecule has 0 aliphatic carbocycles. The molecule has 2 aromatic rings. The first-order chi connectivity index (χ1) is 19.9. The molecule has 2 aromatic carbocycles. The average molecular weight is 583 g/mol. The number of nitrogens with zero attached hydrogens (tertiary/aromatic N) is 2. The van der Waals surface area contributed by atoms with Crippen molar-refractivity contribution in [2.75, 3.05) is 29.5 Å². The Kier molecular flexibility index (Phi) is 9.97. The Labute approximate surface area is 240 Å². The van der Waals surface area contributed by atoms with E-state index in [-0.39, 0.29) is 35.6 Å². The topological polar surface area (TPSA) is 200 Å². The van der Waals surface area contributed by atoms with Crippen LogP contribution in [0.5, 0.6) is 5.75 Å². The second-order valence-electron chi connectivity index (χ2n) is 9.44. The Morgan fingerprint density at radius 1 is 1.10 bits per heavy atom. The lowest BCUT2D eigenvalue weighted by molar-refractivity contribution is -0.153. The Bertz CT molecular complexity index is 1420. The van der Waals surface area contributed by atoms with Crippen LogP contribution in [0.2, 0.25) is 0 Å². The molecule has 4 amide bonds. The quantitative estimate of drug-likeness (QED) is 0.180. The highest BCUT2D eigenvalue weighted by Crippen LogP contribution is 2.33. The number of carbonyl (C=O) groups is 7. The van der Waals surface area contributed by atoms with Crippen LogP contribution in [0.4, 0.5) is 11.4 Å². The second-order valence-corrected chi connectivity index (χ2v) is 9.44. The number of amides is 4. The number of carboxylic acid groups (broad SMARTS) is 1. The highest BCUT2D eigenvalue weighted by Gasteiger charge is 2.39. The minimum atomic E-state index is -1.48. The smallest absolute Gasteiger partial charge is 0.397 e. The summed E-state index contributed by atoms with van der Waals surface area (Å²) in [6, 6.07) is 5.85. The maximum absolute atomic E-state index is 13.9. The molecule has 1 aliphatic rings. The van der Waals surface area contributed by atoms with E-state index in [0.29, 0.717) is 11.1 Å². The fraction of sp³-hybridized carbons (Fsp3) is 0.321. The first kappa shape index (κ1) is 31.3. The standard InChI is InChI=1S/C28H30N4O10/c1-4-42-28(41)27(40)31-12-19(30-25(38)17-9-15(2)24(37)16(3)10-17)26(39)32(21-8-6-5-7-20(21)31)13-22(34)29-18(14-33)11-23(35)36/h5-10,14,18-19,37H,4,11-13H2,1-3H3,(H,29,34)(H,30,38)(H,35,36). The number of benzene rings is 2. The van der Waals surface area contributed by atoms with Crippen molar-refractivity contribution in [3.63, 3.8) is 0 Å². The summed E-state index contributed by atoms with van der Waals surface area (Å²) in [5.74, 6) is -6.13. The van der Waals surface area contributed by atoms with E-state index >= 15 is 0 Å². The van der Waals surface area contributed by atoms with Gasteiger partial charge in [-0.15, -0.1) is 0 Å². The maximum atomic E-state index is 13.9. The number of nitrogens with one attached hydrogen (secondary N) is 2. The molecule has 2 atom stereocenters. The fourth-order valence-electron chi connectivity index (χ4n) is 4.40. The molecule has 3 rings (SSSR count). The number of hydrogen-bond acceptors (Lipinski definition) is 9. The van der Waals surface area contributed by atoms with E-state index in [2.05, 4.69) is 10.6 Å². The molecule has 2 unspecified atom stereocenters. The largest absolute Gasteiger partial charge is 0.507 e. The lowest BCUT2D eigenvalue weighted by Crippen LogP contribution is -2.55. The maximum Gasteiger partial charge on any atom is 0.397 e. The number of fused-ring (bicyclic) bond motifs is 1. The number of aldehydes is 1. The zero-order chi connectivity index (χ0) is 31.1. The van der Waals surface area contributed by atoms with Gasteiger partial charge >= 0.3 is 17.8 Å². The van der Waals surface area contributed by atoms with Gasteiger partial charge in [0.1, 0.15) is 24.6 Å². The molecular weight excluding hydrogens is 552 g/mol. The number of para-hydroxylation sites is 2. The molecule has 0 saturated carbocycles. The third-order valence-electron chi connectivity index (χ3n) is 6.35. The van der Waals surface area contributed by atoms with Gasteiger partial charge in [0.25, 0.3) is 11.8 Å². The van der Waals surface area contributed by atoms with Crippen LogP contribution in [-0.2, 0) is 33.5 Å². The molecular formula is C28H30N4O10. The van der Waals surface area contributed by atoms with Crippen molar-refractivity contribution >= 4 is 53.2 Å². The number of aryl methyl sites for hydroxylation is 2. The number of ether oxygens (including phenoxy) is 1. The van der Waals surface area contributed by atoms with Crippen LogP contribution < -0.4 is 20.4 Å². The van der Waals surface area contributed by atoms with E-state index in [1.165, 1.54) is 43.3 Å². The van der Waals surface area contributed by atoms with Crippen molar-refractivity contribution in [3.05, 3.63) is 53.1 Å². The van der Waals surface area contributed by atoms with Crippen molar-refractivity contribution in [2.45, 2.75) is 39.3 Å². The zero-order valence-corrected chi connectivity index (χ0v) is 23.1. The summed E-state index contributed by atoms with van der Waals surface area (Å²) in [5, 5.41) is 23.8. The van der Waals surface area contributed by atoms with Gasteiger partial charge < -0.3 is 30.4 Å². The summed E-state index contributed by atoms with van der Waals surface area (Å²) in [5.41, 5.74) is 1.01. The van der Waals surface area contributed by atoms with Crippen molar-refractivity contribution < 1.29 is 48.5 Å². The second kappa shape index (κ2) is 13.4. The number of carboxylic acids is 1. The van der Waals surface area contributed by atoms with Crippen LogP contribution in [0.25, 0.3) is 0 Å². The molecule has 1 heterocycles. The summed E-state index contributed by atoms with van der Waals surface area (Å²) < 4.78 is 4.86. The Hall–Kier alpha value is -5.27. The summed E-state index contributed by atoms with van der Waals surface area (Å²) in [6.07, 6.45) is -0.444. The van der Waals surface area contributed by atoms with E-state index in [0.717, 1.165) is 9.80 Å². The van der Waals surface area contributed by atoms with Gasteiger partial charge in [0.15, 0.2) is 0 Å². The normalized spacial score (nSPS) is 15.1. The number of rotatable bonds is 9. The van der Waals surface area contributed by atoms with E-state index in [1.807, 2.05) is 0 Å². The number of esters is 1. The molecule has 0 bridgehead atoms.